The van der Waals surface area contributed by atoms with Gasteiger partial charge >= 0.3 is 5.97 Å². The Morgan fingerprint density at radius 2 is 1.82 bits per heavy atom. The van der Waals surface area contributed by atoms with Gasteiger partial charge in [0.25, 0.3) is 0 Å². The minimum Gasteiger partial charge on any atom is -0.465 e. The lowest BCUT2D eigenvalue weighted by molar-refractivity contribution is 0.0600. The van der Waals surface area contributed by atoms with Crippen LogP contribution in [0.25, 0.3) is 0 Å². The molecule has 0 N–H and O–H groups in total. The molecule has 1 aromatic carbocycles. The van der Waals surface area contributed by atoms with Gasteiger partial charge in [-0.2, -0.15) is 0 Å². The molecule has 1 aliphatic rings. The zero-order valence-electron chi connectivity index (χ0n) is 10.6. The first-order valence-corrected chi connectivity index (χ1v) is 6.40. The van der Waals surface area contributed by atoms with Crippen LogP contribution in [-0.4, -0.2) is 13.1 Å². The molecule has 17 heavy (non-hydrogen) atoms. The van der Waals surface area contributed by atoms with E-state index in [-0.39, 0.29) is 5.97 Å². The van der Waals surface area contributed by atoms with Crippen LogP contribution in [0.5, 0.6) is 0 Å². The fourth-order valence-corrected chi connectivity index (χ4v) is 2.80. The van der Waals surface area contributed by atoms with Gasteiger partial charge in [0.15, 0.2) is 0 Å². The zero-order chi connectivity index (χ0) is 12.3. The topological polar surface area (TPSA) is 26.3 Å². The summed E-state index contributed by atoms with van der Waals surface area (Å²) in [7, 11) is 1.42. The second-order valence-electron chi connectivity index (χ2n) is 4.98. The molecule has 0 aromatic heterocycles. The van der Waals surface area contributed by atoms with Crippen LogP contribution >= 0.6 is 0 Å². The maximum Gasteiger partial charge on any atom is 0.337 e. The number of carbonyl (C=O) groups is 1. The maximum absolute atomic E-state index is 11.3. The molecule has 0 unspecified atom stereocenters. The van der Waals surface area contributed by atoms with E-state index in [1.807, 2.05) is 12.1 Å². The molecular weight excluding hydrogens is 212 g/mol. The number of carbonyl (C=O) groups excluding carboxylic acids is 1. The second kappa shape index (κ2) is 5.35. The highest BCUT2D eigenvalue weighted by Crippen LogP contribution is 2.37. The normalized spacial score (nSPS) is 24.4. The summed E-state index contributed by atoms with van der Waals surface area (Å²) in [5.41, 5.74) is 2.00. The van der Waals surface area contributed by atoms with Crippen molar-refractivity contribution in [2.45, 2.75) is 38.5 Å². The monoisotopic (exact) mass is 232 g/mol. The summed E-state index contributed by atoms with van der Waals surface area (Å²) in [6, 6.07) is 7.92. The van der Waals surface area contributed by atoms with Crippen LogP contribution in [0.15, 0.2) is 24.3 Å². The highest BCUT2D eigenvalue weighted by molar-refractivity contribution is 5.89. The summed E-state index contributed by atoms with van der Waals surface area (Å²) in [6.45, 7) is 2.33. The molecule has 0 radical (unpaired) electrons. The number of esters is 1. The lowest BCUT2D eigenvalue weighted by Gasteiger charge is -2.29. The Morgan fingerprint density at radius 3 is 2.41 bits per heavy atom. The van der Waals surface area contributed by atoms with Gasteiger partial charge in [-0.15, -0.1) is 0 Å². The summed E-state index contributed by atoms with van der Waals surface area (Å²) < 4.78 is 4.70. The summed E-state index contributed by atoms with van der Waals surface area (Å²) >= 11 is 0. The van der Waals surface area contributed by atoms with Crippen molar-refractivity contribution in [3.05, 3.63) is 35.4 Å². The molecular formula is C15H20O2. The van der Waals surface area contributed by atoms with E-state index in [1.54, 1.807) is 0 Å². The van der Waals surface area contributed by atoms with Crippen molar-refractivity contribution < 1.29 is 9.53 Å². The van der Waals surface area contributed by atoms with E-state index >= 15 is 0 Å². The molecule has 2 heteroatoms. The average molecular weight is 232 g/mol. The number of hydrogen-bond donors (Lipinski definition) is 0. The van der Waals surface area contributed by atoms with Crippen molar-refractivity contribution in [1.82, 2.24) is 0 Å². The molecule has 0 bridgehead atoms. The first kappa shape index (κ1) is 12.2. The van der Waals surface area contributed by atoms with Gasteiger partial charge in [0.2, 0.25) is 0 Å². The van der Waals surface area contributed by atoms with Crippen LogP contribution in [0.2, 0.25) is 0 Å². The number of ether oxygens (including phenoxy) is 1. The Balaban J connectivity index is 2.14. The van der Waals surface area contributed by atoms with Gasteiger partial charge in [-0.05, 0) is 36.0 Å². The van der Waals surface area contributed by atoms with Crippen LogP contribution in [0.3, 0.4) is 0 Å². The molecule has 0 saturated heterocycles. The van der Waals surface area contributed by atoms with Crippen molar-refractivity contribution in [2.75, 3.05) is 7.11 Å². The lowest BCUT2D eigenvalue weighted by Crippen LogP contribution is -2.14. The molecule has 0 spiro atoms. The molecule has 2 nitrogen and oxygen atoms in total. The summed E-state index contributed by atoms with van der Waals surface area (Å²) in [5, 5.41) is 0. The largest absolute Gasteiger partial charge is 0.465 e. The Bertz CT molecular complexity index is 380. The van der Waals surface area contributed by atoms with Crippen molar-refractivity contribution >= 4 is 5.97 Å². The van der Waals surface area contributed by atoms with Gasteiger partial charge in [0, 0.05) is 0 Å². The van der Waals surface area contributed by atoms with Gasteiger partial charge < -0.3 is 4.74 Å². The third-order valence-electron chi connectivity index (χ3n) is 3.87. The third kappa shape index (κ3) is 2.68. The highest BCUT2D eigenvalue weighted by Gasteiger charge is 2.22. The minimum atomic E-state index is -0.256. The van der Waals surface area contributed by atoms with Crippen LogP contribution in [-0.2, 0) is 4.74 Å². The van der Waals surface area contributed by atoms with Crippen LogP contribution in [0.4, 0.5) is 0 Å². The molecule has 0 amide bonds. The maximum atomic E-state index is 11.3. The van der Waals surface area contributed by atoms with E-state index in [1.165, 1.54) is 38.4 Å². The summed E-state index contributed by atoms with van der Waals surface area (Å²) in [5.74, 6) is 1.16. The number of benzene rings is 1. The van der Waals surface area contributed by atoms with E-state index < -0.39 is 0 Å². The van der Waals surface area contributed by atoms with Gasteiger partial charge in [-0.1, -0.05) is 38.3 Å². The molecule has 1 fully saturated rings. The van der Waals surface area contributed by atoms with Crippen molar-refractivity contribution in [1.29, 1.82) is 0 Å². The predicted molar refractivity (Wildman–Crippen MR) is 68.2 cm³/mol. The number of methoxy groups -OCH3 is 1. The first-order valence-electron chi connectivity index (χ1n) is 6.40. The fraction of sp³-hybridized carbons (Fsp3) is 0.533. The van der Waals surface area contributed by atoms with Gasteiger partial charge in [0.05, 0.1) is 12.7 Å². The minimum absolute atomic E-state index is 0.256. The van der Waals surface area contributed by atoms with E-state index in [2.05, 4.69) is 19.1 Å². The van der Waals surface area contributed by atoms with Crippen molar-refractivity contribution in [3.63, 3.8) is 0 Å². The van der Waals surface area contributed by atoms with Gasteiger partial charge in [0.1, 0.15) is 0 Å². The highest BCUT2D eigenvalue weighted by atomic mass is 16.5. The number of rotatable bonds is 2. The van der Waals surface area contributed by atoms with Crippen LogP contribution < -0.4 is 0 Å². The van der Waals surface area contributed by atoms with E-state index in [9.17, 15) is 4.79 Å². The third-order valence-corrected chi connectivity index (χ3v) is 3.87. The Hall–Kier alpha value is -1.31. The SMILES string of the molecule is COC(=O)c1ccc([C@@H]2CCCC[C@H]2C)cc1. The molecule has 1 saturated carbocycles. The second-order valence-corrected chi connectivity index (χ2v) is 4.98. The van der Waals surface area contributed by atoms with E-state index in [0.717, 1.165) is 5.92 Å². The Labute approximate surface area is 103 Å². The van der Waals surface area contributed by atoms with Crippen molar-refractivity contribution in [3.8, 4) is 0 Å². The van der Waals surface area contributed by atoms with E-state index in [4.69, 9.17) is 4.74 Å². The molecule has 0 aliphatic heterocycles. The smallest absolute Gasteiger partial charge is 0.337 e. The van der Waals surface area contributed by atoms with Crippen molar-refractivity contribution in [2.24, 2.45) is 5.92 Å². The molecule has 1 aliphatic carbocycles. The first-order chi connectivity index (χ1) is 8.22. The van der Waals surface area contributed by atoms with Crippen LogP contribution in [0, 0.1) is 5.92 Å². The molecule has 2 atom stereocenters. The van der Waals surface area contributed by atoms with Gasteiger partial charge in [-0.3, -0.25) is 0 Å². The Kier molecular flexibility index (Phi) is 3.82. The molecule has 1 aromatic rings. The fourth-order valence-electron chi connectivity index (χ4n) is 2.80. The Morgan fingerprint density at radius 1 is 1.18 bits per heavy atom. The summed E-state index contributed by atoms with van der Waals surface area (Å²) in [4.78, 5) is 11.3. The molecule has 2 rings (SSSR count). The lowest BCUT2D eigenvalue weighted by atomic mass is 9.76. The number of hydrogen-bond acceptors (Lipinski definition) is 2. The predicted octanol–water partition coefficient (Wildman–Crippen LogP) is 3.77. The van der Waals surface area contributed by atoms with Gasteiger partial charge in [-0.25, -0.2) is 4.79 Å². The van der Waals surface area contributed by atoms with Crippen LogP contribution in [0.1, 0.15) is 54.4 Å². The molecule has 92 valence electrons. The average Bonchev–Trinajstić information content (AvgIpc) is 2.39. The molecule has 0 heterocycles. The summed E-state index contributed by atoms with van der Waals surface area (Å²) in [6.07, 6.45) is 5.29. The standard InChI is InChI=1S/C15H20O2/c1-11-5-3-4-6-14(11)12-7-9-13(10-8-12)15(16)17-2/h7-11,14H,3-6H2,1-2H3/t11-,14-/m1/s1. The quantitative estimate of drug-likeness (QED) is 0.725. The zero-order valence-corrected chi connectivity index (χ0v) is 10.6. The van der Waals surface area contributed by atoms with E-state index in [0.29, 0.717) is 11.5 Å².